The van der Waals surface area contributed by atoms with Gasteiger partial charge in [-0.1, -0.05) is 44.7 Å². The van der Waals surface area contributed by atoms with E-state index in [-0.39, 0.29) is 5.91 Å². The highest BCUT2D eigenvalue weighted by molar-refractivity contribution is 5.94. The van der Waals surface area contributed by atoms with Crippen molar-refractivity contribution in [3.8, 4) is 0 Å². The average molecular weight is 259 g/mol. The van der Waals surface area contributed by atoms with Gasteiger partial charge in [0, 0.05) is 18.7 Å². The molecule has 0 aliphatic heterocycles. The first-order chi connectivity index (χ1) is 9.22. The van der Waals surface area contributed by atoms with Gasteiger partial charge in [-0.05, 0) is 37.0 Å². The lowest BCUT2D eigenvalue weighted by molar-refractivity contribution is 0.0717. The van der Waals surface area contributed by atoms with Crippen LogP contribution in [0.5, 0.6) is 0 Å². The summed E-state index contributed by atoms with van der Waals surface area (Å²) in [7, 11) is 1.96. The largest absolute Gasteiger partial charge is 0.339 e. The first kappa shape index (κ1) is 14.1. The molecule has 1 aliphatic rings. The molecule has 0 unspecified atom stereocenters. The average Bonchev–Trinajstić information content (AvgIpc) is 2.75. The summed E-state index contributed by atoms with van der Waals surface area (Å²) in [6.45, 7) is 2.13. The summed E-state index contributed by atoms with van der Waals surface area (Å²) in [6.07, 6.45) is 8.51. The Balaban J connectivity index is 2.04. The van der Waals surface area contributed by atoms with Crippen LogP contribution in [0.25, 0.3) is 0 Å². The molecule has 0 aromatic heterocycles. The number of hydrogen-bond donors (Lipinski definition) is 0. The molecule has 1 amide bonds. The summed E-state index contributed by atoms with van der Waals surface area (Å²) < 4.78 is 0. The standard InChI is InChI=1S/C17H25NO/c1-3-14-10-12-15(13-11-14)17(19)18(2)16-8-6-4-5-7-9-16/h10-13,16H,3-9H2,1-2H3. The third-order valence-corrected chi connectivity index (χ3v) is 4.30. The number of amides is 1. The summed E-state index contributed by atoms with van der Waals surface area (Å²) in [5.41, 5.74) is 2.11. The van der Waals surface area contributed by atoms with Crippen molar-refractivity contribution >= 4 is 5.91 Å². The van der Waals surface area contributed by atoms with Gasteiger partial charge in [-0.25, -0.2) is 0 Å². The van der Waals surface area contributed by atoms with E-state index in [1.165, 1.54) is 31.2 Å². The molecule has 1 fully saturated rings. The van der Waals surface area contributed by atoms with Crippen molar-refractivity contribution in [3.63, 3.8) is 0 Å². The van der Waals surface area contributed by atoms with Crippen LogP contribution < -0.4 is 0 Å². The maximum Gasteiger partial charge on any atom is 0.253 e. The first-order valence-corrected chi connectivity index (χ1v) is 7.58. The number of hydrogen-bond acceptors (Lipinski definition) is 1. The summed E-state index contributed by atoms with van der Waals surface area (Å²) in [5.74, 6) is 0.176. The highest BCUT2D eigenvalue weighted by atomic mass is 16.2. The number of rotatable bonds is 3. The Morgan fingerprint density at radius 3 is 2.21 bits per heavy atom. The van der Waals surface area contributed by atoms with Crippen LogP contribution in [-0.4, -0.2) is 23.9 Å². The molecule has 0 spiro atoms. The fourth-order valence-corrected chi connectivity index (χ4v) is 2.90. The third kappa shape index (κ3) is 3.59. The second-order valence-corrected chi connectivity index (χ2v) is 5.61. The Kier molecular flexibility index (Phi) is 5.00. The zero-order chi connectivity index (χ0) is 13.7. The van der Waals surface area contributed by atoms with E-state index >= 15 is 0 Å². The third-order valence-electron chi connectivity index (χ3n) is 4.30. The van der Waals surface area contributed by atoms with E-state index in [4.69, 9.17) is 0 Å². The zero-order valence-corrected chi connectivity index (χ0v) is 12.2. The maximum absolute atomic E-state index is 12.5. The van der Waals surface area contributed by atoms with Gasteiger partial charge >= 0.3 is 0 Å². The minimum absolute atomic E-state index is 0.176. The molecule has 1 aromatic rings. The van der Waals surface area contributed by atoms with E-state index < -0.39 is 0 Å². The predicted molar refractivity (Wildman–Crippen MR) is 79.4 cm³/mol. The summed E-state index contributed by atoms with van der Waals surface area (Å²) in [6, 6.07) is 8.49. The zero-order valence-electron chi connectivity index (χ0n) is 12.2. The van der Waals surface area contributed by atoms with Gasteiger partial charge in [-0.15, -0.1) is 0 Å². The van der Waals surface area contributed by atoms with Gasteiger partial charge in [0.1, 0.15) is 0 Å². The van der Waals surface area contributed by atoms with Gasteiger partial charge in [0.25, 0.3) is 5.91 Å². The lowest BCUT2D eigenvalue weighted by Crippen LogP contribution is -2.36. The first-order valence-electron chi connectivity index (χ1n) is 7.58. The van der Waals surface area contributed by atoms with Crippen LogP contribution in [0.4, 0.5) is 0 Å². The van der Waals surface area contributed by atoms with Crippen molar-refractivity contribution < 1.29 is 4.79 Å². The normalized spacial score (nSPS) is 16.9. The molecule has 2 rings (SSSR count). The fourth-order valence-electron chi connectivity index (χ4n) is 2.90. The maximum atomic E-state index is 12.5. The van der Waals surface area contributed by atoms with Crippen molar-refractivity contribution in [1.82, 2.24) is 4.90 Å². The quantitative estimate of drug-likeness (QED) is 0.750. The molecule has 2 heteroatoms. The van der Waals surface area contributed by atoms with E-state index in [2.05, 4.69) is 19.1 Å². The number of nitrogens with zero attached hydrogens (tertiary/aromatic N) is 1. The van der Waals surface area contributed by atoms with E-state index in [1.807, 2.05) is 24.1 Å². The minimum atomic E-state index is 0.176. The molecule has 2 nitrogen and oxygen atoms in total. The van der Waals surface area contributed by atoms with Gasteiger partial charge in [0.15, 0.2) is 0 Å². The molecule has 0 heterocycles. The van der Waals surface area contributed by atoms with Crippen molar-refractivity contribution in [2.24, 2.45) is 0 Å². The Hall–Kier alpha value is -1.31. The Morgan fingerprint density at radius 2 is 1.68 bits per heavy atom. The Morgan fingerprint density at radius 1 is 1.11 bits per heavy atom. The van der Waals surface area contributed by atoms with Gasteiger partial charge < -0.3 is 4.90 Å². The van der Waals surface area contributed by atoms with Crippen LogP contribution in [0.2, 0.25) is 0 Å². The highest BCUT2D eigenvalue weighted by Gasteiger charge is 2.21. The molecule has 0 radical (unpaired) electrons. The Bertz CT molecular complexity index is 402. The van der Waals surface area contributed by atoms with Gasteiger partial charge in [0.2, 0.25) is 0 Å². The van der Waals surface area contributed by atoms with Crippen LogP contribution >= 0.6 is 0 Å². The number of carbonyl (C=O) groups is 1. The predicted octanol–water partition coefficient (Wildman–Crippen LogP) is 4.04. The van der Waals surface area contributed by atoms with Crippen molar-refractivity contribution in [2.45, 2.75) is 57.9 Å². The van der Waals surface area contributed by atoms with Crippen molar-refractivity contribution in [1.29, 1.82) is 0 Å². The van der Waals surface area contributed by atoms with Crippen LogP contribution in [0, 0.1) is 0 Å². The van der Waals surface area contributed by atoms with E-state index in [0.29, 0.717) is 6.04 Å². The topological polar surface area (TPSA) is 20.3 Å². The second-order valence-electron chi connectivity index (χ2n) is 5.61. The smallest absolute Gasteiger partial charge is 0.253 e. The molecular weight excluding hydrogens is 234 g/mol. The van der Waals surface area contributed by atoms with E-state index in [1.54, 1.807) is 0 Å². The molecule has 19 heavy (non-hydrogen) atoms. The molecule has 0 N–H and O–H groups in total. The molecular formula is C17H25NO. The summed E-state index contributed by atoms with van der Waals surface area (Å²) in [5, 5.41) is 0. The molecule has 0 saturated heterocycles. The molecule has 1 aromatic carbocycles. The number of benzene rings is 1. The van der Waals surface area contributed by atoms with Crippen LogP contribution in [0.15, 0.2) is 24.3 Å². The molecule has 1 aliphatic carbocycles. The van der Waals surface area contributed by atoms with Crippen LogP contribution in [0.3, 0.4) is 0 Å². The van der Waals surface area contributed by atoms with Gasteiger partial charge in [0.05, 0.1) is 0 Å². The van der Waals surface area contributed by atoms with Gasteiger partial charge in [-0.3, -0.25) is 4.79 Å². The lowest BCUT2D eigenvalue weighted by atomic mass is 10.1. The monoisotopic (exact) mass is 259 g/mol. The summed E-state index contributed by atoms with van der Waals surface area (Å²) in [4.78, 5) is 14.4. The summed E-state index contributed by atoms with van der Waals surface area (Å²) >= 11 is 0. The van der Waals surface area contributed by atoms with E-state index in [0.717, 1.165) is 24.8 Å². The SMILES string of the molecule is CCc1ccc(C(=O)N(C)C2CCCCCC2)cc1. The number of carbonyl (C=O) groups excluding carboxylic acids is 1. The molecule has 1 saturated carbocycles. The fraction of sp³-hybridized carbons (Fsp3) is 0.588. The number of aryl methyl sites for hydroxylation is 1. The van der Waals surface area contributed by atoms with Crippen molar-refractivity contribution in [2.75, 3.05) is 7.05 Å². The second kappa shape index (κ2) is 6.74. The molecule has 104 valence electrons. The van der Waals surface area contributed by atoms with Gasteiger partial charge in [-0.2, -0.15) is 0 Å². The van der Waals surface area contributed by atoms with Crippen molar-refractivity contribution in [3.05, 3.63) is 35.4 Å². The van der Waals surface area contributed by atoms with Crippen LogP contribution in [0.1, 0.15) is 61.4 Å². The Labute approximate surface area is 116 Å². The van der Waals surface area contributed by atoms with E-state index in [9.17, 15) is 4.79 Å². The molecule has 0 atom stereocenters. The highest BCUT2D eigenvalue weighted by Crippen LogP contribution is 2.22. The lowest BCUT2D eigenvalue weighted by Gasteiger charge is -2.27. The molecule has 0 bridgehead atoms. The minimum Gasteiger partial charge on any atom is -0.339 e. The van der Waals surface area contributed by atoms with Crippen LogP contribution in [-0.2, 0) is 6.42 Å².